The molecule has 1 saturated heterocycles. The maximum atomic E-state index is 11.8. The van der Waals surface area contributed by atoms with Gasteiger partial charge >= 0.3 is 5.97 Å². The van der Waals surface area contributed by atoms with Crippen LogP contribution in [0.3, 0.4) is 0 Å². The molecule has 0 bridgehead atoms. The second-order valence-corrected chi connectivity index (χ2v) is 6.96. The van der Waals surface area contributed by atoms with Crippen molar-refractivity contribution in [3.05, 3.63) is 0 Å². The van der Waals surface area contributed by atoms with E-state index in [0.717, 1.165) is 50.3 Å². The smallest absolute Gasteiger partial charge is 0.309 e. The van der Waals surface area contributed by atoms with E-state index >= 15 is 0 Å². The quantitative estimate of drug-likeness (QED) is 0.491. The van der Waals surface area contributed by atoms with E-state index in [2.05, 4.69) is 22.1 Å². The molecule has 132 valence electrons. The summed E-state index contributed by atoms with van der Waals surface area (Å²) >= 11 is 0. The van der Waals surface area contributed by atoms with Gasteiger partial charge in [-0.2, -0.15) is 0 Å². The highest BCUT2D eigenvalue weighted by molar-refractivity contribution is 5.80. The van der Waals surface area contributed by atoms with Crippen LogP contribution in [0.1, 0.15) is 52.4 Å². The molecule has 0 spiro atoms. The summed E-state index contributed by atoms with van der Waals surface area (Å²) in [5, 5.41) is 3.57. The Morgan fingerprint density at radius 3 is 2.52 bits per heavy atom. The van der Waals surface area contributed by atoms with Crippen molar-refractivity contribution in [2.45, 2.75) is 52.4 Å². The van der Waals surface area contributed by atoms with Gasteiger partial charge in [-0.05, 0) is 38.0 Å². The lowest BCUT2D eigenvalue weighted by Crippen LogP contribution is -2.48. The third-order valence-electron chi connectivity index (χ3n) is 5.44. The lowest BCUT2D eigenvalue weighted by molar-refractivity contribution is -0.149. The van der Waals surface area contributed by atoms with Gasteiger partial charge in [-0.25, -0.2) is 0 Å². The van der Waals surface area contributed by atoms with Gasteiger partial charge in [-0.15, -0.1) is 0 Å². The minimum absolute atomic E-state index is 0.0360. The second-order valence-electron chi connectivity index (χ2n) is 6.96. The van der Waals surface area contributed by atoms with Crippen LogP contribution in [0.4, 0.5) is 0 Å². The summed E-state index contributed by atoms with van der Waals surface area (Å²) in [7, 11) is 1.85. The summed E-state index contributed by atoms with van der Waals surface area (Å²) in [5.74, 6) is 2.58. The molecule has 2 aliphatic rings. The van der Waals surface area contributed by atoms with Crippen molar-refractivity contribution in [1.82, 2.24) is 10.2 Å². The summed E-state index contributed by atoms with van der Waals surface area (Å²) < 4.78 is 5.14. The molecule has 0 aromatic heterocycles. The molecule has 0 aromatic carbocycles. The average molecular weight is 323 g/mol. The predicted octanol–water partition coefficient (Wildman–Crippen LogP) is 2.66. The van der Waals surface area contributed by atoms with Crippen molar-refractivity contribution in [3.63, 3.8) is 0 Å². The molecule has 0 radical (unpaired) electrons. The first kappa shape index (κ1) is 18.1. The maximum absolute atomic E-state index is 11.8. The topological polar surface area (TPSA) is 53.9 Å². The molecule has 23 heavy (non-hydrogen) atoms. The Balaban J connectivity index is 1.77. The molecule has 5 nitrogen and oxygen atoms in total. The summed E-state index contributed by atoms with van der Waals surface area (Å²) in [6.07, 6.45) is 7.15. The third kappa shape index (κ3) is 5.11. The molecule has 1 aliphatic carbocycles. The molecule has 1 N–H and O–H groups in total. The first-order valence-corrected chi connectivity index (χ1v) is 9.28. The number of rotatable bonds is 4. The van der Waals surface area contributed by atoms with Crippen molar-refractivity contribution in [3.8, 4) is 0 Å². The van der Waals surface area contributed by atoms with Crippen molar-refractivity contribution < 1.29 is 9.53 Å². The SMILES string of the molecule is CCOC(=O)C1CCN(C(=NC)NCC2CCCCC2C)CC1. The summed E-state index contributed by atoms with van der Waals surface area (Å²) in [5.41, 5.74) is 0. The molecular weight excluding hydrogens is 290 g/mol. The Hall–Kier alpha value is -1.26. The maximum Gasteiger partial charge on any atom is 0.309 e. The van der Waals surface area contributed by atoms with E-state index in [1.54, 1.807) is 0 Å². The van der Waals surface area contributed by atoms with E-state index in [9.17, 15) is 4.79 Å². The Kier molecular flexibility index (Phi) is 7.18. The molecule has 2 atom stereocenters. The number of aliphatic imine (C=N–C) groups is 1. The fraction of sp³-hybridized carbons (Fsp3) is 0.889. The van der Waals surface area contributed by atoms with Crippen molar-refractivity contribution >= 4 is 11.9 Å². The van der Waals surface area contributed by atoms with Crippen LogP contribution < -0.4 is 5.32 Å². The van der Waals surface area contributed by atoms with Gasteiger partial charge in [0.15, 0.2) is 5.96 Å². The first-order chi connectivity index (χ1) is 11.2. The molecule has 1 heterocycles. The van der Waals surface area contributed by atoms with E-state index in [1.165, 1.54) is 25.7 Å². The van der Waals surface area contributed by atoms with Gasteiger partial charge in [-0.1, -0.05) is 26.2 Å². The number of carbonyl (C=O) groups excluding carboxylic acids is 1. The second kappa shape index (κ2) is 9.14. The molecule has 2 fully saturated rings. The van der Waals surface area contributed by atoms with Crippen LogP contribution in [-0.2, 0) is 9.53 Å². The molecular formula is C18H33N3O2. The number of nitrogens with zero attached hydrogens (tertiary/aromatic N) is 2. The zero-order chi connectivity index (χ0) is 16.7. The zero-order valence-electron chi connectivity index (χ0n) is 15.0. The van der Waals surface area contributed by atoms with Crippen LogP contribution in [0.15, 0.2) is 4.99 Å². The van der Waals surface area contributed by atoms with Crippen molar-refractivity contribution in [2.75, 3.05) is 33.3 Å². The van der Waals surface area contributed by atoms with Gasteiger partial charge in [0.25, 0.3) is 0 Å². The van der Waals surface area contributed by atoms with E-state index in [-0.39, 0.29) is 11.9 Å². The third-order valence-corrected chi connectivity index (χ3v) is 5.44. The van der Waals surface area contributed by atoms with Crippen molar-refractivity contribution in [1.29, 1.82) is 0 Å². The molecule has 2 rings (SSSR count). The number of guanidine groups is 1. The molecule has 5 heteroatoms. The molecule has 0 aromatic rings. The van der Waals surface area contributed by atoms with Gasteiger partial charge in [0.2, 0.25) is 0 Å². The monoisotopic (exact) mass is 323 g/mol. The van der Waals surface area contributed by atoms with Crippen LogP contribution in [0.2, 0.25) is 0 Å². The lowest BCUT2D eigenvalue weighted by atomic mass is 9.80. The van der Waals surface area contributed by atoms with E-state index in [0.29, 0.717) is 6.61 Å². The Labute approximate surface area is 140 Å². The number of ether oxygens (including phenoxy) is 1. The molecule has 1 aliphatic heterocycles. The predicted molar refractivity (Wildman–Crippen MR) is 93.4 cm³/mol. The molecule has 2 unspecified atom stereocenters. The molecule has 1 saturated carbocycles. The average Bonchev–Trinajstić information content (AvgIpc) is 2.57. The van der Waals surface area contributed by atoms with Gasteiger partial charge in [-0.3, -0.25) is 9.79 Å². The summed E-state index contributed by atoms with van der Waals surface area (Å²) in [6, 6.07) is 0. The molecule has 0 amide bonds. The van der Waals surface area contributed by atoms with Gasteiger partial charge < -0.3 is 15.0 Å². The van der Waals surface area contributed by atoms with E-state index in [4.69, 9.17) is 4.74 Å². The number of likely N-dealkylation sites (tertiary alicyclic amines) is 1. The van der Waals surface area contributed by atoms with Crippen molar-refractivity contribution in [2.24, 2.45) is 22.7 Å². The number of carbonyl (C=O) groups is 1. The lowest BCUT2D eigenvalue weighted by Gasteiger charge is -2.35. The van der Waals surface area contributed by atoms with Crippen LogP contribution in [0.25, 0.3) is 0 Å². The highest BCUT2D eigenvalue weighted by Gasteiger charge is 2.28. The Morgan fingerprint density at radius 1 is 1.22 bits per heavy atom. The minimum Gasteiger partial charge on any atom is -0.466 e. The van der Waals surface area contributed by atoms with Crippen LogP contribution in [-0.4, -0.2) is 50.1 Å². The minimum atomic E-state index is -0.0360. The van der Waals surface area contributed by atoms with Gasteiger partial charge in [0, 0.05) is 26.7 Å². The van der Waals surface area contributed by atoms with Crippen LogP contribution >= 0.6 is 0 Å². The number of piperidine rings is 1. The van der Waals surface area contributed by atoms with Gasteiger partial charge in [0.05, 0.1) is 12.5 Å². The largest absolute Gasteiger partial charge is 0.466 e. The summed E-state index contributed by atoms with van der Waals surface area (Å²) in [4.78, 5) is 18.5. The highest BCUT2D eigenvalue weighted by atomic mass is 16.5. The van der Waals surface area contributed by atoms with E-state index in [1.807, 2.05) is 14.0 Å². The Morgan fingerprint density at radius 2 is 1.91 bits per heavy atom. The Bertz CT molecular complexity index is 403. The first-order valence-electron chi connectivity index (χ1n) is 9.28. The standard InChI is InChI=1S/C18H33N3O2/c1-4-23-17(22)15-9-11-21(12-10-15)18(19-3)20-13-16-8-6-5-7-14(16)2/h14-16H,4-13H2,1-3H3,(H,19,20). The van der Waals surface area contributed by atoms with Crippen LogP contribution in [0, 0.1) is 17.8 Å². The zero-order valence-corrected chi connectivity index (χ0v) is 15.0. The fourth-order valence-corrected chi connectivity index (χ4v) is 3.84. The number of esters is 1. The normalized spacial score (nSPS) is 26.9. The summed E-state index contributed by atoms with van der Waals surface area (Å²) in [6.45, 7) is 7.49. The number of hydrogen-bond acceptors (Lipinski definition) is 3. The van der Waals surface area contributed by atoms with E-state index < -0.39 is 0 Å². The highest BCUT2D eigenvalue weighted by Crippen LogP contribution is 2.29. The van der Waals surface area contributed by atoms with Gasteiger partial charge in [0.1, 0.15) is 0 Å². The van der Waals surface area contributed by atoms with Crippen LogP contribution in [0.5, 0.6) is 0 Å². The number of nitrogens with one attached hydrogen (secondary N) is 1. The fourth-order valence-electron chi connectivity index (χ4n) is 3.84. The number of hydrogen-bond donors (Lipinski definition) is 1.